The zero-order valence-corrected chi connectivity index (χ0v) is 16.1. The maximum Gasteiger partial charge on any atom is 0.201 e. The fourth-order valence-corrected chi connectivity index (χ4v) is 6.84. The molecule has 5 heteroatoms. The summed E-state index contributed by atoms with van der Waals surface area (Å²) in [5.74, 6) is 0. The van der Waals surface area contributed by atoms with Gasteiger partial charge in [-0.25, -0.2) is 8.42 Å². The van der Waals surface area contributed by atoms with E-state index in [0.29, 0.717) is 11.3 Å². The molecular formula is C21H26N2O2S. The fourth-order valence-electron chi connectivity index (χ4n) is 4.51. The quantitative estimate of drug-likeness (QED) is 0.833. The first-order valence-corrected chi connectivity index (χ1v) is 10.9. The summed E-state index contributed by atoms with van der Waals surface area (Å²) in [4.78, 5) is 3.97. The number of benzene rings is 2. The van der Waals surface area contributed by atoms with Crippen LogP contribution in [0.5, 0.6) is 0 Å². The Balaban J connectivity index is 1.92. The van der Waals surface area contributed by atoms with Gasteiger partial charge in [0.1, 0.15) is 0 Å². The Morgan fingerprint density at radius 2 is 1.54 bits per heavy atom. The van der Waals surface area contributed by atoms with E-state index in [1.807, 2.05) is 36.4 Å². The average molecular weight is 371 g/mol. The highest BCUT2D eigenvalue weighted by molar-refractivity contribution is 7.92. The van der Waals surface area contributed by atoms with Crippen molar-refractivity contribution in [3.63, 3.8) is 0 Å². The van der Waals surface area contributed by atoms with Crippen molar-refractivity contribution in [2.45, 2.75) is 29.0 Å². The predicted octanol–water partition coefficient (Wildman–Crippen LogP) is 2.90. The first-order chi connectivity index (χ1) is 12.6. The third kappa shape index (κ3) is 2.70. The molecule has 1 aliphatic carbocycles. The monoisotopic (exact) mass is 370 g/mol. The van der Waals surface area contributed by atoms with Gasteiger partial charge in [0, 0.05) is 26.2 Å². The van der Waals surface area contributed by atoms with E-state index in [-0.39, 0.29) is 0 Å². The minimum Gasteiger partial charge on any atom is -0.304 e. The van der Waals surface area contributed by atoms with Gasteiger partial charge in [0.05, 0.1) is 4.90 Å². The topological polar surface area (TPSA) is 40.6 Å². The van der Waals surface area contributed by atoms with Crippen molar-refractivity contribution >= 4 is 9.84 Å². The summed E-state index contributed by atoms with van der Waals surface area (Å²) in [6.45, 7) is 3.34. The van der Waals surface area contributed by atoms with Crippen LogP contribution in [0.3, 0.4) is 0 Å². The van der Waals surface area contributed by atoms with Crippen LogP contribution >= 0.6 is 0 Å². The number of aryl methyl sites for hydroxylation is 1. The van der Waals surface area contributed by atoms with Gasteiger partial charge in [0.2, 0.25) is 9.84 Å². The lowest BCUT2D eigenvalue weighted by Gasteiger charge is -2.49. The third-order valence-corrected chi connectivity index (χ3v) is 8.38. The van der Waals surface area contributed by atoms with Gasteiger partial charge in [0.25, 0.3) is 0 Å². The Hall–Kier alpha value is -1.69. The number of fused-ring (bicyclic) bond motifs is 1. The van der Waals surface area contributed by atoms with Crippen molar-refractivity contribution in [1.29, 1.82) is 0 Å². The molecule has 1 aliphatic heterocycles. The number of hydrogen-bond donors (Lipinski definition) is 0. The van der Waals surface area contributed by atoms with Gasteiger partial charge >= 0.3 is 0 Å². The van der Waals surface area contributed by atoms with Crippen LogP contribution in [0.25, 0.3) is 0 Å². The Labute approximate surface area is 156 Å². The standard InChI is InChI=1S/C21H26N2O2S/c1-22-14-16-23(17-15-22)21(26(24,25)19-10-3-2-4-11-19)13-7-9-18-8-5-6-12-20(18)21/h2-6,8,10-12H,7,9,13-17H2,1H3. The van der Waals surface area contributed by atoms with E-state index in [9.17, 15) is 8.42 Å². The van der Waals surface area contributed by atoms with E-state index in [1.165, 1.54) is 5.56 Å². The number of likely N-dealkylation sites (N-methyl/N-ethyl adjacent to an activating group) is 1. The van der Waals surface area contributed by atoms with Crippen LogP contribution in [0.1, 0.15) is 24.0 Å². The minimum absolute atomic E-state index is 0.427. The molecule has 2 aliphatic rings. The molecule has 1 heterocycles. The first-order valence-electron chi connectivity index (χ1n) is 9.37. The van der Waals surface area contributed by atoms with E-state index >= 15 is 0 Å². The van der Waals surface area contributed by atoms with Gasteiger partial charge < -0.3 is 4.90 Å². The van der Waals surface area contributed by atoms with E-state index in [4.69, 9.17) is 0 Å². The molecular weight excluding hydrogens is 344 g/mol. The van der Waals surface area contributed by atoms with Crippen molar-refractivity contribution in [2.24, 2.45) is 0 Å². The number of sulfone groups is 1. The average Bonchev–Trinajstić information content (AvgIpc) is 2.68. The van der Waals surface area contributed by atoms with E-state index in [2.05, 4.69) is 22.9 Å². The first kappa shape index (κ1) is 17.7. The van der Waals surface area contributed by atoms with Crippen LogP contribution in [-0.2, 0) is 21.1 Å². The van der Waals surface area contributed by atoms with Crippen molar-refractivity contribution in [2.75, 3.05) is 33.2 Å². The number of hydrogen-bond acceptors (Lipinski definition) is 4. The summed E-state index contributed by atoms with van der Waals surface area (Å²) in [5.41, 5.74) is 2.16. The van der Waals surface area contributed by atoms with Crippen LogP contribution in [0.2, 0.25) is 0 Å². The molecule has 1 unspecified atom stereocenters. The molecule has 4 rings (SSSR count). The van der Waals surface area contributed by atoms with E-state index in [1.54, 1.807) is 12.1 Å². The Kier molecular flexibility index (Phi) is 4.63. The molecule has 1 atom stereocenters. The molecule has 26 heavy (non-hydrogen) atoms. The van der Waals surface area contributed by atoms with Gasteiger partial charge in [-0.05, 0) is 49.6 Å². The van der Waals surface area contributed by atoms with Crippen molar-refractivity contribution in [3.05, 3.63) is 65.7 Å². The molecule has 0 saturated carbocycles. The molecule has 138 valence electrons. The number of piperazine rings is 1. The van der Waals surface area contributed by atoms with E-state index < -0.39 is 14.7 Å². The van der Waals surface area contributed by atoms with Gasteiger partial charge in [-0.15, -0.1) is 0 Å². The second-order valence-electron chi connectivity index (χ2n) is 7.40. The number of nitrogens with zero attached hydrogens (tertiary/aromatic N) is 2. The van der Waals surface area contributed by atoms with Crippen LogP contribution in [0.15, 0.2) is 59.5 Å². The maximum absolute atomic E-state index is 14.0. The predicted molar refractivity (Wildman–Crippen MR) is 104 cm³/mol. The summed E-state index contributed by atoms with van der Waals surface area (Å²) < 4.78 is 28.0. The summed E-state index contributed by atoms with van der Waals surface area (Å²) in [6, 6.07) is 17.1. The molecule has 0 spiro atoms. The summed E-state index contributed by atoms with van der Waals surface area (Å²) in [6.07, 6.45) is 2.51. The number of rotatable bonds is 3. The van der Waals surface area contributed by atoms with Crippen LogP contribution in [0.4, 0.5) is 0 Å². The van der Waals surface area contributed by atoms with Crippen LogP contribution in [0, 0.1) is 0 Å². The smallest absolute Gasteiger partial charge is 0.201 e. The van der Waals surface area contributed by atoms with Crippen molar-refractivity contribution in [1.82, 2.24) is 9.80 Å². The highest BCUT2D eigenvalue weighted by atomic mass is 32.2. The molecule has 0 radical (unpaired) electrons. The molecule has 0 amide bonds. The molecule has 0 N–H and O–H groups in total. The summed E-state index contributed by atoms with van der Waals surface area (Å²) in [7, 11) is -1.45. The molecule has 4 nitrogen and oxygen atoms in total. The van der Waals surface area contributed by atoms with E-state index in [0.717, 1.165) is 44.6 Å². The molecule has 1 saturated heterocycles. The molecule has 2 aromatic rings. The SMILES string of the molecule is CN1CCN(C2(S(=O)(=O)c3ccccc3)CCCc3ccccc32)CC1. The minimum atomic E-state index is -3.55. The maximum atomic E-state index is 14.0. The lowest BCUT2D eigenvalue weighted by atomic mass is 9.85. The zero-order valence-electron chi connectivity index (χ0n) is 15.3. The highest BCUT2D eigenvalue weighted by Crippen LogP contribution is 2.47. The van der Waals surface area contributed by atoms with Crippen LogP contribution in [-0.4, -0.2) is 51.4 Å². The lowest BCUT2D eigenvalue weighted by Crippen LogP contribution is -2.59. The van der Waals surface area contributed by atoms with Gasteiger partial charge in [-0.3, -0.25) is 4.90 Å². The Bertz CT molecular complexity index is 874. The van der Waals surface area contributed by atoms with Gasteiger partial charge in [-0.1, -0.05) is 42.5 Å². The third-order valence-electron chi connectivity index (χ3n) is 5.91. The fraction of sp³-hybridized carbons (Fsp3) is 0.429. The Morgan fingerprint density at radius 3 is 2.27 bits per heavy atom. The molecule has 1 fully saturated rings. The summed E-state index contributed by atoms with van der Waals surface area (Å²) >= 11 is 0. The second kappa shape index (κ2) is 6.80. The highest BCUT2D eigenvalue weighted by Gasteiger charge is 2.53. The van der Waals surface area contributed by atoms with Gasteiger partial charge in [-0.2, -0.15) is 0 Å². The molecule has 0 aromatic heterocycles. The second-order valence-corrected chi connectivity index (χ2v) is 9.56. The Morgan fingerprint density at radius 1 is 0.885 bits per heavy atom. The summed E-state index contributed by atoms with van der Waals surface area (Å²) in [5, 5.41) is 0. The largest absolute Gasteiger partial charge is 0.304 e. The normalized spacial score (nSPS) is 25.0. The van der Waals surface area contributed by atoms with Crippen molar-refractivity contribution in [3.8, 4) is 0 Å². The van der Waals surface area contributed by atoms with Crippen molar-refractivity contribution < 1.29 is 8.42 Å². The van der Waals surface area contributed by atoms with Gasteiger partial charge in [0.15, 0.2) is 4.87 Å². The molecule has 2 aromatic carbocycles. The zero-order chi connectivity index (χ0) is 18.2. The lowest BCUT2D eigenvalue weighted by molar-refractivity contribution is 0.0757. The van der Waals surface area contributed by atoms with Crippen LogP contribution < -0.4 is 0 Å². The molecule has 0 bridgehead atoms.